The summed E-state index contributed by atoms with van der Waals surface area (Å²) < 4.78 is 27.1. The van der Waals surface area contributed by atoms with Gasteiger partial charge in [0.1, 0.15) is 0 Å². The summed E-state index contributed by atoms with van der Waals surface area (Å²) in [5, 5.41) is 2.03. The van der Waals surface area contributed by atoms with E-state index in [2.05, 4.69) is 10.8 Å². The van der Waals surface area contributed by atoms with Gasteiger partial charge in [0.2, 0.25) is 10.0 Å². The number of likely N-dealkylation sites (tertiary alicyclic amines) is 1. The van der Waals surface area contributed by atoms with Crippen LogP contribution in [0.4, 0.5) is 0 Å². The molecule has 1 unspecified atom stereocenters. The zero-order chi connectivity index (χ0) is 17.4. The number of nitrogens with zero attached hydrogens (tertiary/aromatic N) is 1. The monoisotopic (exact) mass is 376 g/mol. The second-order valence-electron chi connectivity index (χ2n) is 6.59. The topological polar surface area (TPSA) is 66.5 Å². The minimum absolute atomic E-state index is 0.0324. The van der Waals surface area contributed by atoms with Crippen molar-refractivity contribution < 1.29 is 13.2 Å². The van der Waals surface area contributed by atoms with Crippen molar-refractivity contribution in [3.05, 3.63) is 52.2 Å². The molecule has 2 fully saturated rings. The van der Waals surface area contributed by atoms with Gasteiger partial charge in [-0.05, 0) is 61.4 Å². The lowest BCUT2D eigenvalue weighted by atomic mass is 10.1. The van der Waals surface area contributed by atoms with Crippen LogP contribution in [0.5, 0.6) is 0 Å². The Kier molecular flexibility index (Phi) is 4.39. The predicted octanol–water partition coefficient (Wildman–Crippen LogP) is 3.17. The molecule has 132 valence electrons. The molecular formula is C18H20N2O3S2. The maximum atomic E-state index is 12.9. The Morgan fingerprint density at radius 2 is 1.88 bits per heavy atom. The fourth-order valence-electron chi connectivity index (χ4n) is 3.22. The molecule has 1 amide bonds. The van der Waals surface area contributed by atoms with Crippen molar-refractivity contribution in [2.45, 2.75) is 42.7 Å². The Morgan fingerprint density at radius 3 is 2.52 bits per heavy atom. The van der Waals surface area contributed by atoms with Crippen LogP contribution in [0, 0.1) is 0 Å². The average molecular weight is 377 g/mol. The Balaban J connectivity index is 1.52. The molecule has 1 atom stereocenters. The summed E-state index contributed by atoms with van der Waals surface area (Å²) in [6.45, 7) is 0.741. The van der Waals surface area contributed by atoms with Gasteiger partial charge in [0.25, 0.3) is 5.91 Å². The van der Waals surface area contributed by atoms with Crippen molar-refractivity contribution >= 4 is 27.3 Å². The highest BCUT2D eigenvalue weighted by Gasteiger charge is 2.32. The lowest BCUT2D eigenvalue weighted by Crippen LogP contribution is -2.30. The number of sulfonamides is 1. The first-order chi connectivity index (χ1) is 12.0. The van der Waals surface area contributed by atoms with Gasteiger partial charge in [-0.25, -0.2) is 13.1 Å². The van der Waals surface area contributed by atoms with Gasteiger partial charge < -0.3 is 4.90 Å². The summed E-state index contributed by atoms with van der Waals surface area (Å²) in [7, 11) is -3.48. The highest BCUT2D eigenvalue weighted by molar-refractivity contribution is 7.89. The third kappa shape index (κ3) is 3.49. The molecule has 5 nitrogen and oxygen atoms in total. The second kappa shape index (κ2) is 6.55. The van der Waals surface area contributed by atoms with Crippen LogP contribution < -0.4 is 4.72 Å². The number of hydrogen-bond acceptors (Lipinski definition) is 4. The van der Waals surface area contributed by atoms with Crippen molar-refractivity contribution in [1.29, 1.82) is 0 Å². The van der Waals surface area contributed by atoms with Gasteiger partial charge in [-0.3, -0.25) is 4.79 Å². The molecule has 1 aliphatic heterocycles. The molecule has 1 N–H and O–H groups in total. The molecule has 2 aromatic rings. The highest BCUT2D eigenvalue weighted by atomic mass is 32.2. The van der Waals surface area contributed by atoms with E-state index in [9.17, 15) is 13.2 Å². The number of carbonyl (C=O) groups excluding carboxylic acids is 1. The van der Waals surface area contributed by atoms with Gasteiger partial charge in [0.05, 0.1) is 10.9 Å². The zero-order valence-corrected chi connectivity index (χ0v) is 15.4. The molecule has 1 aromatic heterocycles. The van der Waals surface area contributed by atoms with Crippen LogP contribution in [-0.2, 0) is 10.0 Å². The van der Waals surface area contributed by atoms with Crippen molar-refractivity contribution in [1.82, 2.24) is 9.62 Å². The largest absolute Gasteiger partial charge is 0.331 e. The van der Waals surface area contributed by atoms with Crippen molar-refractivity contribution in [2.24, 2.45) is 0 Å². The molecule has 25 heavy (non-hydrogen) atoms. The predicted molar refractivity (Wildman–Crippen MR) is 97.1 cm³/mol. The van der Waals surface area contributed by atoms with Crippen LogP contribution in [-0.4, -0.2) is 31.8 Å². The van der Waals surface area contributed by atoms with E-state index in [1.54, 1.807) is 23.5 Å². The van der Waals surface area contributed by atoms with E-state index < -0.39 is 10.0 Å². The number of rotatable bonds is 5. The van der Waals surface area contributed by atoms with Crippen molar-refractivity contribution in [3.8, 4) is 0 Å². The smallest absolute Gasteiger partial charge is 0.254 e. The summed E-state index contributed by atoms with van der Waals surface area (Å²) in [5.74, 6) is -0.0324. The van der Waals surface area contributed by atoms with Crippen LogP contribution in [0.3, 0.4) is 0 Å². The molecule has 1 aromatic carbocycles. The summed E-state index contributed by atoms with van der Waals surface area (Å²) in [6.07, 6.45) is 3.76. The number of hydrogen-bond donors (Lipinski definition) is 1. The van der Waals surface area contributed by atoms with Crippen LogP contribution in [0.1, 0.15) is 47.0 Å². The maximum absolute atomic E-state index is 12.9. The van der Waals surface area contributed by atoms with Crippen molar-refractivity contribution in [2.75, 3.05) is 6.54 Å². The third-order valence-electron chi connectivity index (χ3n) is 4.70. The fourth-order valence-corrected chi connectivity index (χ4v) is 5.40. The molecule has 0 radical (unpaired) electrons. The standard InChI is InChI=1S/C18H20N2O3S2/c21-18(20-11-1-3-16(20)17-4-2-12-24-17)13-5-9-15(10-6-13)25(22,23)19-14-7-8-14/h2,4-6,9-10,12,14,16,19H,1,3,7-8,11H2. The molecule has 1 saturated carbocycles. The van der Waals surface area contributed by atoms with Gasteiger partial charge >= 0.3 is 0 Å². The average Bonchev–Trinajstić information content (AvgIpc) is 3.07. The molecule has 2 heterocycles. The maximum Gasteiger partial charge on any atom is 0.254 e. The van der Waals surface area contributed by atoms with E-state index in [0.29, 0.717) is 5.56 Å². The van der Waals surface area contributed by atoms with Gasteiger partial charge in [-0.2, -0.15) is 0 Å². The van der Waals surface area contributed by atoms with Crippen LogP contribution >= 0.6 is 11.3 Å². The van der Waals surface area contributed by atoms with Crippen LogP contribution in [0.25, 0.3) is 0 Å². The van der Waals surface area contributed by atoms with E-state index in [1.165, 1.54) is 17.0 Å². The summed E-state index contributed by atoms with van der Waals surface area (Å²) >= 11 is 1.67. The Morgan fingerprint density at radius 1 is 1.12 bits per heavy atom. The lowest BCUT2D eigenvalue weighted by molar-refractivity contribution is 0.0738. The Bertz CT molecular complexity index is 856. The quantitative estimate of drug-likeness (QED) is 0.872. The number of nitrogens with one attached hydrogen (secondary N) is 1. The van der Waals surface area contributed by atoms with E-state index in [0.717, 1.165) is 32.2 Å². The SMILES string of the molecule is O=C(c1ccc(S(=O)(=O)NC2CC2)cc1)N1CCCC1c1cccs1. The first-order valence-corrected chi connectivity index (χ1v) is 10.9. The molecule has 4 rings (SSSR count). The van der Waals surface area contributed by atoms with E-state index >= 15 is 0 Å². The normalized spacial score (nSPS) is 20.8. The second-order valence-corrected chi connectivity index (χ2v) is 9.29. The van der Waals surface area contributed by atoms with Gasteiger partial charge in [-0.15, -0.1) is 11.3 Å². The van der Waals surface area contributed by atoms with Crippen LogP contribution in [0.15, 0.2) is 46.7 Å². The summed E-state index contributed by atoms with van der Waals surface area (Å²) in [4.78, 5) is 16.2. The first-order valence-electron chi connectivity index (χ1n) is 8.51. The van der Waals surface area contributed by atoms with Gasteiger partial charge in [0, 0.05) is 23.0 Å². The highest BCUT2D eigenvalue weighted by Crippen LogP contribution is 2.35. The number of carbonyl (C=O) groups is 1. The van der Waals surface area contributed by atoms with Gasteiger partial charge in [-0.1, -0.05) is 6.07 Å². The minimum Gasteiger partial charge on any atom is -0.331 e. The molecule has 0 bridgehead atoms. The summed E-state index contributed by atoms with van der Waals surface area (Å²) in [5.41, 5.74) is 0.536. The molecule has 0 spiro atoms. The van der Waals surface area contributed by atoms with Gasteiger partial charge in [0.15, 0.2) is 0 Å². The first kappa shape index (κ1) is 16.8. The molecule has 1 aliphatic carbocycles. The molecule has 1 saturated heterocycles. The number of thiophene rings is 1. The fraction of sp³-hybridized carbons (Fsp3) is 0.389. The molecular weight excluding hydrogens is 356 g/mol. The molecule has 7 heteroatoms. The minimum atomic E-state index is -3.48. The summed E-state index contributed by atoms with van der Waals surface area (Å²) in [6, 6.07) is 10.6. The van der Waals surface area contributed by atoms with Crippen LogP contribution in [0.2, 0.25) is 0 Å². The lowest BCUT2D eigenvalue weighted by Gasteiger charge is -2.24. The van der Waals surface area contributed by atoms with Crippen molar-refractivity contribution in [3.63, 3.8) is 0 Å². The third-order valence-corrected chi connectivity index (χ3v) is 7.21. The Hall–Kier alpha value is -1.70. The van der Waals surface area contributed by atoms with E-state index in [1.807, 2.05) is 16.3 Å². The number of amides is 1. The molecule has 2 aliphatic rings. The van der Waals surface area contributed by atoms with E-state index in [4.69, 9.17) is 0 Å². The zero-order valence-electron chi connectivity index (χ0n) is 13.7. The van der Waals surface area contributed by atoms with E-state index in [-0.39, 0.29) is 22.9 Å². The Labute approximate surface area is 151 Å². The number of benzene rings is 1.